The number of nitrogens with zero attached hydrogens (tertiary/aromatic N) is 4. The summed E-state index contributed by atoms with van der Waals surface area (Å²) in [4.78, 5) is 1.44. The van der Waals surface area contributed by atoms with Gasteiger partial charge in [0.2, 0.25) is 5.82 Å². The molecule has 0 aliphatic heterocycles. The first-order chi connectivity index (χ1) is 6.40. The minimum absolute atomic E-state index is 0.485. The number of furan rings is 1. The zero-order valence-electron chi connectivity index (χ0n) is 6.92. The molecule has 6 heteroatoms. The van der Waals surface area contributed by atoms with Crippen molar-refractivity contribution in [3.8, 4) is 11.6 Å². The summed E-state index contributed by atoms with van der Waals surface area (Å²) in [5.41, 5.74) is 5.34. The van der Waals surface area contributed by atoms with Crippen LogP contribution in [-0.4, -0.2) is 26.8 Å². The second-order valence-electron chi connectivity index (χ2n) is 2.47. The molecule has 0 atom stereocenters. The fraction of sp³-hybridized carbons (Fsp3) is 0.286. The van der Waals surface area contributed by atoms with Gasteiger partial charge >= 0.3 is 0 Å². The molecule has 0 saturated carbocycles. The van der Waals surface area contributed by atoms with Crippen LogP contribution >= 0.6 is 0 Å². The van der Waals surface area contributed by atoms with E-state index in [9.17, 15) is 0 Å². The summed E-state index contributed by atoms with van der Waals surface area (Å²) in [6, 6.07) is 3.56. The first-order valence-electron chi connectivity index (χ1n) is 3.92. The molecule has 2 heterocycles. The van der Waals surface area contributed by atoms with Crippen LogP contribution in [0.5, 0.6) is 0 Å². The van der Waals surface area contributed by atoms with Crippen molar-refractivity contribution in [2.24, 2.45) is 5.73 Å². The molecule has 0 aliphatic carbocycles. The molecule has 13 heavy (non-hydrogen) atoms. The topological polar surface area (TPSA) is 82.8 Å². The van der Waals surface area contributed by atoms with Gasteiger partial charge in [0.15, 0.2) is 5.76 Å². The van der Waals surface area contributed by atoms with Crippen LogP contribution < -0.4 is 5.73 Å². The summed E-state index contributed by atoms with van der Waals surface area (Å²) in [6.45, 7) is 1.06. The van der Waals surface area contributed by atoms with Gasteiger partial charge in [0, 0.05) is 6.54 Å². The maximum absolute atomic E-state index is 5.34. The normalized spacial score (nSPS) is 10.5. The molecular weight excluding hydrogens is 170 g/mol. The van der Waals surface area contributed by atoms with E-state index in [1.807, 2.05) is 0 Å². The Hall–Kier alpha value is -1.69. The van der Waals surface area contributed by atoms with Crippen LogP contribution in [0.1, 0.15) is 0 Å². The third-order valence-electron chi connectivity index (χ3n) is 1.52. The summed E-state index contributed by atoms with van der Waals surface area (Å²) in [6.07, 6.45) is 1.57. The van der Waals surface area contributed by atoms with Crippen LogP contribution in [0.15, 0.2) is 22.8 Å². The van der Waals surface area contributed by atoms with Crippen LogP contribution in [0.3, 0.4) is 0 Å². The van der Waals surface area contributed by atoms with E-state index < -0.39 is 0 Å². The number of aromatic nitrogens is 4. The van der Waals surface area contributed by atoms with Gasteiger partial charge < -0.3 is 10.2 Å². The van der Waals surface area contributed by atoms with Gasteiger partial charge in [-0.3, -0.25) is 0 Å². The summed E-state index contributed by atoms with van der Waals surface area (Å²) >= 11 is 0. The van der Waals surface area contributed by atoms with Gasteiger partial charge in [0.05, 0.1) is 12.8 Å². The smallest absolute Gasteiger partial charge is 0.240 e. The molecule has 0 amide bonds. The Balaban J connectivity index is 2.23. The predicted octanol–water partition coefficient (Wildman–Crippen LogP) is -0.108. The summed E-state index contributed by atoms with van der Waals surface area (Å²) in [7, 11) is 0. The molecule has 68 valence electrons. The van der Waals surface area contributed by atoms with Crippen molar-refractivity contribution in [1.29, 1.82) is 0 Å². The molecule has 0 aromatic carbocycles. The van der Waals surface area contributed by atoms with E-state index in [0.717, 1.165) is 0 Å². The number of hydrogen-bond donors (Lipinski definition) is 1. The predicted molar refractivity (Wildman–Crippen MR) is 44.6 cm³/mol. The third kappa shape index (κ3) is 1.57. The molecule has 2 aromatic heterocycles. The Bertz CT molecular complexity index is 366. The number of rotatable bonds is 3. The highest BCUT2D eigenvalue weighted by atomic mass is 16.3. The lowest BCUT2D eigenvalue weighted by molar-refractivity contribution is 0.529. The van der Waals surface area contributed by atoms with Gasteiger partial charge in [0.1, 0.15) is 0 Å². The van der Waals surface area contributed by atoms with Gasteiger partial charge in [0.25, 0.3) is 0 Å². The van der Waals surface area contributed by atoms with Gasteiger partial charge in [-0.25, -0.2) is 0 Å². The summed E-state index contributed by atoms with van der Waals surface area (Å²) in [5, 5.41) is 11.7. The zero-order chi connectivity index (χ0) is 9.10. The Morgan fingerprint density at radius 2 is 2.46 bits per heavy atom. The molecule has 0 unspecified atom stereocenters. The molecule has 0 radical (unpaired) electrons. The minimum atomic E-state index is 0.485. The van der Waals surface area contributed by atoms with Crippen LogP contribution in [0.4, 0.5) is 0 Å². The van der Waals surface area contributed by atoms with Crippen LogP contribution in [0.2, 0.25) is 0 Å². The molecule has 2 aromatic rings. The van der Waals surface area contributed by atoms with Crippen LogP contribution in [0, 0.1) is 0 Å². The lowest BCUT2D eigenvalue weighted by Crippen LogP contribution is -2.12. The van der Waals surface area contributed by atoms with Crippen molar-refractivity contribution < 1.29 is 4.42 Å². The Labute approximate surface area is 74.3 Å². The zero-order valence-corrected chi connectivity index (χ0v) is 6.92. The van der Waals surface area contributed by atoms with E-state index in [2.05, 4.69) is 15.4 Å². The monoisotopic (exact) mass is 179 g/mol. The van der Waals surface area contributed by atoms with E-state index in [4.69, 9.17) is 10.2 Å². The maximum Gasteiger partial charge on any atom is 0.240 e. The third-order valence-corrected chi connectivity index (χ3v) is 1.52. The highest BCUT2D eigenvalue weighted by molar-refractivity contribution is 5.43. The highest BCUT2D eigenvalue weighted by Crippen LogP contribution is 2.12. The highest BCUT2D eigenvalue weighted by Gasteiger charge is 2.06. The average Bonchev–Trinajstić information content (AvgIpc) is 2.70. The molecule has 2 N–H and O–H groups in total. The Kier molecular flexibility index (Phi) is 2.05. The van der Waals surface area contributed by atoms with Crippen molar-refractivity contribution in [3.05, 3.63) is 18.4 Å². The maximum atomic E-state index is 5.34. The van der Waals surface area contributed by atoms with E-state index in [-0.39, 0.29) is 0 Å². The van der Waals surface area contributed by atoms with Gasteiger partial charge in [-0.2, -0.15) is 4.80 Å². The molecule has 0 spiro atoms. The molecule has 6 nitrogen and oxygen atoms in total. The molecule has 0 bridgehead atoms. The second-order valence-corrected chi connectivity index (χ2v) is 2.47. The SMILES string of the molecule is NCCn1nnc(-c2ccco2)n1. The fourth-order valence-corrected chi connectivity index (χ4v) is 0.958. The molecule has 0 aliphatic rings. The van der Waals surface area contributed by atoms with Gasteiger partial charge in [-0.1, -0.05) is 0 Å². The van der Waals surface area contributed by atoms with Crippen LogP contribution in [0.25, 0.3) is 11.6 Å². The van der Waals surface area contributed by atoms with E-state index >= 15 is 0 Å². The molecule has 0 fully saturated rings. The van der Waals surface area contributed by atoms with Crippen molar-refractivity contribution in [1.82, 2.24) is 20.2 Å². The van der Waals surface area contributed by atoms with E-state index in [1.165, 1.54) is 4.80 Å². The second kappa shape index (κ2) is 3.36. The van der Waals surface area contributed by atoms with Crippen molar-refractivity contribution in [3.63, 3.8) is 0 Å². The van der Waals surface area contributed by atoms with E-state index in [1.54, 1.807) is 18.4 Å². The summed E-state index contributed by atoms with van der Waals surface area (Å²) < 4.78 is 5.10. The molecule has 2 rings (SSSR count). The Morgan fingerprint density at radius 3 is 3.15 bits per heavy atom. The number of nitrogens with two attached hydrogens (primary N) is 1. The lowest BCUT2D eigenvalue weighted by atomic mass is 10.4. The average molecular weight is 179 g/mol. The van der Waals surface area contributed by atoms with E-state index in [0.29, 0.717) is 24.7 Å². The first-order valence-corrected chi connectivity index (χ1v) is 3.92. The number of hydrogen-bond acceptors (Lipinski definition) is 5. The van der Waals surface area contributed by atoms with Gasteiger partial charge in [-0.15, -0.1) is 10.2 Å². The Morgan fingerprint density at radius 1 is 1.54 bits per heavy atom. The molecular formula is C7H9N5O. The quantitative estimate of drug-likeness (QED) is 0.710. The first kappa shape index (κ1) is 7.93. The lowest BCUT2D eigenvalue weighted by Gasteiger charge is -1.90. The largest absolute Gasteiger partial charge is 0.461 e. The standard InChI is InChI=1S/C7H9N5O/c8-3-4-12-10-7(9-11-12)6-2-1-5-13-6/h1-2,5H,3-4,8H2. The van der Waals surface area contributed by atoms with Crippen molar-refractivity contribution >= 4 is 0 Å². The van der Waals surface area contributed by atoms with Crippen molar-refractivity contribution in [2.45, 2.75) is 6.54 Å². The molecule has 0 saturated heterocycles. The van der Waals surface area contributed by atoms with Crippen LogP contribution in [-0.2, 0) is 6.54 Å². The fourth-order valence-electron chi connectivity index (χ4n) is 0.958. The van der Waals surface area contributed by atoms with Crippen molar-refractivity contribution in [2.75, 3.05) is 6.54 Å². The minimum Gasteiger partial charge on any atom is -0.461 e. The van der Waals surface area contributed by atoms with Gasteiger partial charge in [-0.05, 0) is 17.3 Å². The summed E-state index contributed by atoms with van der Waals surface area (Å²) in [5.74, 6) is 1.10. The number of tetrazole rings is 1.